The van der Waals surface area contributed by atoms with Crippen molar-refractivity contribution >= 4 is 16.7 Å². The predicted molar refractivity (Wildman–Crippen MR) is 127 cm³/mol. The molecule has 2 N–H and O–H groups in total. The maximum atomic E-state index is 13.3. The number of aryl methyl sites for hydroxylation is 1. The van der Waals surface area contributed by atoms with Crippen LogP contribution in [-0.4, -0.2) is 5.11 Å². The minimum atomic E-state index is -0.186. The Balaban J connectivity index is 1.90. The van der Waals surface area contributed by atoms with Gasteiger partial charge in [-0.3, -0.25) is 4.79 Å². The maximum Gasteiger partial charge on any atom is 0.196 e. The third-order valence-corrected chi connectivity index (χ3v) is 5.67. The van der Waals surface area contributed by atoms with Crippen LogP contribution < -0.4 is 10.7 Å². The third-order valence-electron chi connectivity index (χ3n) is 5.67. The Labute approximate surface area is 186 Å². The molecule has 5 nitrogen and oxygen atoms in total. The van der Waals surface area contributed by atoms with Gasteiger partial charge in [0.05, 0.1) is 29.7 Å². The SMILES string of the molecule is Cc1cc([C@@H](C)Nc2ccccc2CO)c2oc(-c3cccc(C#N)c3)c(C)c(=O)c2c1. The molecule has 0 amide bonds. The summed E-state index contributed by atoms with van der Waals surface area (Å²) in [6, 6.07) is 20.4. The molecule has 32 heavy (non-hydrogen) atoms. The van der Waals surface area contributed by atoms with Gasteiger partial charge < -0.3 is 14.8 Å². The van der Waals surface area contributed by atoms with Crippen LogP contribution in [0, 0.1) is 25.2 Å². The summed E-state index contributed by atoms with van der Waals surface area (Å²) in [7, 11) is 0. The van der Waals surface area contributed by atoms with Crippen molar-refractivity contribution in [1.82, 2.24) is 0 Å². The van der Waals surface area contributed by atoms with Crippen LogP contribution in [0.2, 0.25) is 0 Å². The zero-order valence-electron chi connectivity index (χ0n) is 18.3. The molecule has 0 radical (unpaired) electrons. The molecule has 1 heterocycles. The number of nitriles is 1. The van der Waals surface area contributed by atoms with E-state index >= 15 is 0 Å². The first-order valence-corrected chi connectivity index (χ1v) is 10.5. The number of hydrogen-bond donors (Lipinski definition) is 2. The Bertz CT molecular complexity index is 1410. The standard InChI is InChI=1S/C27H24N2O3/c1-16-11-22(18(3)29-24-10-5-4-8-21(24)15-30)27-23(12-16)25(31)17(2)26(32-27)20-9-6-7-19(13-20)14-28/h4-13,18,29-30H,15H2,1-3H3/t18-/m1/s1. The number of fused-ring (bicyclic) bond motifs is 1. The first-order valence-electron chi connectivity index (χ1n) is 10.5. The first-order chi connectivity index (χ1) is 15.4. The molecular weight excluding hydrogens is 400 g/mol. The lowest BCUT2D eigenvalue weighted by atomic mass is 9.98. The molecule has 0 saturated carbocycles. The number of nitrogens with one attached hydrogen (secondary N) is 1. The van der Waals surface area contributed by atoms with Crippen molar-refractivity contribution in [3.8, 4) is 17.4 Å². The van der Waals surface area contributed by atoms with E-state index in [1.165, 1.54) is 0 Å². The Morgan fingerprint density at radius 3 is 2.62 bits per heavy atom. The van der Waals surface area contributed by atoms with E-state index in [1.54, 1.807) is 25.1 Å². The van der Waals surface area contributed by atoms with Gasteiger partial charge in [-0.05, 0) is 50.6 Å². The lowest BCUT2D eigenvalue weighted by Crippen LogP contribution is -2.13. The second kappa shape index (κ2) is 8.70. The molecule has 5 heteroatoms. The van der Waals surface area contributed by atoms with Crippen molar-refractivity contribution in [3.63, 3.8) is 0 Å². The second-order valence-electron chi connectivity index (χ2n) is 7.99. The molecule has 3 aromatic carbocycles. The fourth-order valence-corrected chi connectivity index (χ4v) is 4.00. The molecule has 0 bridgehead atoms. The predicted octanol–water partition coefficient (Wildman–Crippen LogP) is 5.61. The molecule has 0 aliphatic heterocycles. The molecule has 0 unspecified atom stereocenters. The number of benzene rings is 3. The van der Waals surface area contributed by atoms with Gasteiger partial charge in [-0.25, -0.2) is 0 Å². The van der Waals surface area contributed by atoms with Crippen LogP contribution in [0.15, 0.2) is 69.9 Å². The highest BCUT2D eigenvalue weighted by atomic mass is 16.3. The van der Waals surface area contributed by atoms with Gasteiger partial charge in [0.25, 0.3) is 0 Å². The van der Waals surface area contributed by atoms with Crippen molar-refractivity contribution in [2.24, 2.45) is 0 Å². The van der Waals surface area contributed by atoms with Crippen molar-refractivity contribution in [3.05, 3.63) is 98.7 Å². The average Bonchev–Trinajstić information content (AvgIpc) is 2.81. The molecule has 4 rings (SSSR count). The number of para-hydroxylation sites is 1. The minimum absolute atomic E-state index is 0.0713. The summed E-state index contributed by atoms with van der Waals surface area (Å²) < 4.78 is 6.36. The van der Waals surface area contributed by atoms with Crippen LogP contribution in [0.1, 0.15) is 40.8 Å². The average molecular weight is 425 g/mol. The van der Waals surface area contributed by atoms with Gasteiger partial charge in [-0.15, -0.1) is 0 Å². The van der Waals surface area contributed by atoms with E-state index < -0.39 is 0 Å². The Morgan fingerprint density at radius 2 is 1.88 bits per heavy atom. The largest absolute Gasteiger partial charge is 0.455 e. The number of nitrogens with zero attached hydrogens (tertiary/aromatic N) is 1. The van der Waals surface area contributed by atoms with E-state index in [-0.39, 0.29) is 18.1 Å². The molecule has 4 aromatic rings. The molecule has 0 aliphatic carbocycles. The Hall–Kier alpha value is -3.88. The number of aliphatic hydroxyl groups excluding tert-OH is 1. The van der Waals surface area contributed by atoms with Crippen LogP contribution >= 0.6 is 0 Å². The highest BCUT2D eigenvalue weighted by molar-refractivity contribution is 5.84. The maximum absolute atomic E-state index is 13.3. The minimum Gasteiger partial charge on any atom is -0.455 e. The molecule has 1 atom stereocenters. The van der Waals surface area contributed by atoms with Gasteiger partial charge in [0.15, 0.2) is 5.43 Å². The molecule has 0 fully saturated rings. The Morgan fingerprint density at radius 1 is 1.09 bits per heavy atom. The van der Waals surface area contributed by atoms with E-state index in [9.17, 15) is 15.2 Å². The van der Waals surface area contributed by atoms with Crippen LogP contribution in [-0.2, 0) is 6.61 Å². The summed E-state index contributed by atoms with van der Waals surface area (Å²) in [6.45, 7) is 5.63. The van der Waals surface area contributed by atoms with Crippen molar-refractivity contribution in [1.29, 1.82) is 5.26 Å². The molecule has 0 spiro atoms. The first kappa shape index (κ1) is 21.4. The molecule has 0 aliphatic rings. The summed E-state index contributed by atoms with van der Waals surface area (Å²) >= 11 is 0. The van der Waals surface area contributed by atoms with Gasteiger partial charge >= 0.3 is 0 Å². The molecule has 1 aromatic heterocycles. The molecule has 160 valence electrons. The van der Waals surface area contributed by atoms with E-state index in [2.05, 4.69) is 11.4 Å². The van der Waals surface area contributed by atoms with Crippen molar-refractivity contribution in [2.45, 2.75) is 33.4 Å². The van der Waals surface area contributed by atoms with Crippen LogP contribution in [0.4, 0.5) is 5.69 Å². The van der Waals surface area contributed by atoms with Gasteiger partial charge in [0, 0.05) is 27.9 Å². The smallest absolute Gasteiger partial charge is 0.196 e. The second-order valence-corrected chi connectivity index (χ2v) is 7.99. The summed E-state index contributed by atoms with van der Waals surface area (Å²) in [5.74, 6) is 0.465. The summed E-state index contributed by atoms with van der Waals surface area (Å²) in [6.07, 6.45) is 0. The van der Waals surface area contributed by atoms with Crippen LogP contribution in [0.5, 0.6) is 0 Å². The van der Waals surface area contributed by atoms with Crippen LogP contribution in [0.3, 0.4) is 0 Å². The van der Waals surface area contributed by atoms with Crippen molar-refractivity contribution in [2.75, 3.05) is 5.32 Å². The van der Waals surface area contributed by atoms with Gasteiger partial charge in [0.1, 0.15) is 11.3 Å². The number of hydrogen-bond acceptors (Lipinski definition) is 5. The zero-order valence-corrected chi connectivity index (χ0v) is 18.3. The van der Waals surface area contributed by atoms with E-state index in [0.717, 1.165) is 22.4 Å². The quantitative estimate of drug-likeness (QED) is 0.435. The van der Waals surface area contributed by atoms with Crippen LogP contribution in [0.25, 0.3) is 22.3 Å². The summed E-state index contributed by atoms with van der Waals surface area (Å²) in [5, 5.41) is 22.9. The molecule has 0 saturated heterocycles. The Kier molecular flexibility index (Phi) is 5.81. The van der Waals surface area contributed by atoms with Gasteiger partial charge in [-0.1, -0.05) is 36.4 Å². The van der Waals surface area contributed by atoms with Gasteiger partial charge in [-0.2, -0.15) is 5.26 Å². The monoisotopic (exact) mass is 424 g/mol. The highest BCUT2D eigenvalue weighted by Crippen LogP contribution is 2.32. The molecular formula is C27H24N2O3. The zero-order chi connectivity index (χ0) is 22.8. The lowest BCUT2D eigenvalue weighted by Gasteiger charge is -2.20. The fourth-order valence-electron chi connectivity index (χ4n) is 4.00. The topological polar surface area (TPSA) is 86.3 Å². The normalized spacial score (nSPS) is 11.8. The van der Waals surface area contributed by atoms with E-state index in [4.69, 9.17) is 4.42 Å². The highest BCUT2D eigenvalue weighted by Gasteiger charge is 2.19. The fraction of sp³-hybridized carbons (Fsp3) is 0.185. The number of rotatable bonds is 5. The van der Waals surface area contributed by atoms with E-state index in [0.29, 0.717) is 33.4 Å². The number of aliphatic hydroxyl groups is 1. The summed E-state index contributed by atoms with van der Waals surface area (Å²) in [4.78, 5) is 13.3. The third kappa shape index (κ3) is 3.89. The van der Waals surface area contributed by atoms with E-state index in [1.807, 2.05) is 56.3 Å². The summed E-state index contributed by atoms with van der Waals surface area (Å²) in [5.41, 5.74) is 5.57. The lowest BCUT2D eigenvalue weighted by molar-refractivity contribution is 0.282. The van der Waals surface area contributed by atoms with Gasteiger partial charge in [0.2, 0.25) is 0 Å². The van der Waals surface area contributed by atoms with Crippen molar-refractivity contribution < 1.29 is 9.52 Å². The number of anilines is 1.